The first kappa shape index (κ1) is 27.2. The summed E-state index contributed by atoms with van der Waals surface area (Å²) in [5.74, 6) is 0.419. The van der Waals surface area contributed by atoms with Crippen LogP contribution in [0.4, 0.5) is 0 Å². The molecule has 0 bridgehead atoms. The van der Waals surface area contributed by atoms with Crippen molar-refractivity contribution in [2.75, 3.05) is 20.6 Å². The Labute approximate surface area is 216 Å². The summed E-state index contributed by atoms with van der Waals surface area (Å²) in [5, 5.41) is 8.85. The number of para-hydroxylation sites is 1. The highest BCUT2D eigenvalue weighted by atomic mass is 16.5. The molecule has 0 aromatic heterocycles. The van der Waals surface area contributed by atoms with Crippen LogP contribution in [-0.4, -0.2) is 36.6 Å². The molecule has 0 saturated heterocycles. The molecule has 0 radical (unpaired) electrons. The van der Waals surface area contributed by atoms with Gasteiger partial charge in [0.1, 0.15) is 12.4 Å². The largest absolute Gasteiger partial charge is 0.488 e. The summed E-state index contributed by atoms with van der Waals surface area (Å²) in [6.45, 7) is 7.74. The van der Waals surface area contributed by atoms with E-state index in [0.717, 1.165) is 30.7 Å². The van der Waals surface area contributed by atoms with Crippen LogP contribution in [0.1, 0.15) is 60.9 Å². The maximum atomic E-state index is 10.8. The summed E-state index contributed by atoms with van der Waals surface area (Å²) in [6, 6.07) is 24.7. The van der Waals surface area contributed by atoms with Crippen molar-refractivity contribution in [1.82, 2.24) is 4.90 Å². The summed E-state index contributed by atoms with van der Waals surface area (Å²) >= 11 is 0. The van der Waals surface area contributed by atoms with E-state index < -0.39 is 11.9 Å². The molecule has 36 heavy (non-hydrogen) atoms. The van der Waals surface area contributed by atoms with Crippen molar-refractivity contribution in [3.8, 4) is 5.75 Å². The van der Waals surface area contributed by atoms with Crippen molar-refractivity contribution in [3.63, 3.8) is 0 Å². The lowest BCUT2D eigenvalue weighted by Gasteiger charge is -2.12. The summed E-state index contributed by atoms with van der Waals surface area (Å²) in [4.78, 5) is 13.0. The van der Waals surface area contributed by atoms with Gasteiger partial charge in [-0.25, -0.2) is 0 Å². The standard InChI is InChI=1S/C19H21NO.C13H18O2/c1-20(2)13-7-11-17-16-9-4-3-8-15(16)14-21-19-12-6-5-10-18(17)19;1-9(2)8-11-4-6-12(7-5-11)10(3)13(14)15/h3-6,8-12H,7,13-14H2,1-2H3;4-7,9-10H,8H2,1-3H3,(H,14,15)/b17-11+;. The van der Waals surface area contributed by atoms with Gasteiger partial charge in [0.15, 0.2) is 0 Å². The second kappa shape index (κ2) is 13.1. The van der Waals surface area contributed by atoms with Crippen molar-refractivity contribution in [2.45, 2.75) is 46.1 Å². The van der Waals surface area contributed by atoms with Crippen LogP contribution in [0.15, 0.2) is 78.9 Å². The summed E-state index contributed by atoms with van der Waals surface area (Å²) in [6.07, 6.45) is 4.42. The molecule has 3 aromatic rings. The third kappa shape index (κ3) is 7.56. The Hall–Kier alpha value is -3.37. The molecule has 0 amide bonds. The molecule has 0 aliphatic carbocycles. The minimum atomic E-state index is -0.772. The molecule has 4 nitrogen and oxygen atoms in total. The van der Waals surface area contributed by atoms with Crippen LogP contribution in [0.3, 0.4) is 0 Å². The number of ether oxygens (including phenoxy) is 1. The van der Waals surface area contributed by atoms with Gasteiger partial charge in [0, 0.05) is 12.1 Å². The number of hydrogen-bond donors (Lipinski definition) is 1. The van der Waals surface area contributed by atoms with E-state index in [1.807, 2.05) is 30.3 Å². The lowest BCUT2D eigenvalue weighted by molar-refractivity contribution is -0.138. The van der Waals surface area contributed by atoms with Crippen LogP contribution in [0.25, 0.3) is 5.57 Å². The Kier molecular flexibility index (Phi) is 9.89. The topological polar surface area (TPSA) is 49.8 Å². The zero-order valence-corrected chi connectivity index (χ0v) is 22.2. The molecule has 1 aliphatic rings. The van der Waals surface area contributed by atoms with Crippen LogP contribution >= 0.6 is 0 Å². The number of carboxylic acids is 1. The first-order chi connectivity index (χ1) is 17.3. The smallest absolute Gasteiger partial charge is 0.310 e. The van der Waals surface area contributed by atoms with Gasteiger partial charge in [0.25, 0.3) is 0 Å². The first-order valence-electron chi connectivity index (χ1n) is 12.7. The lowest BCUT2D eigenvalue weighted by atomic mass is 9.93. The van der Waals surface area contributed by atoms with Crippen LogP contribution in [-0.2, 0) is 17.8 Å². The summed E-state index contributed by atoms with van der Waals surface area (Å²) in [7, 11) is 4.22. The molecule has 190 valence electrons. The molecule has 3 aromatic carbocycles. The number of rotatable bonds is 7. The Balaban J connectivity index is 0.000000214. The van der Waals surface area contributed by atoms with E-state index in [9.17, 15) is 4.79 Å². The molecule has 0 saturated carbocycles. The Morgan fingerprint density at radius 2 is 1.58 bits per heavy atom. The van der Waals surface area contributed by atoms with E-state index in [-0.39, 0.29) is 0 Å². The van der Waals surface area contributed by atoms with Gasteiger partial charge in [-0.2, -0.15) is 0 Å². The molecular formula is C32H39NO3. The van der Waals surface area contributed by atoms with Gasteiger partial charge >= 0.3 is 5.97 Å². The van der Waals surface area contributed by atoms with Crippen molar-refractivity contribution in [2.24, 2.45) is 5.92 Å². The highest BCUT2D eigenvalue weighted by Gasteiger charge is 2.18. The van der Waals surface area contributed by atoms with E-state index in [1.54, 1.807) is 6.92 Å². The third-order valence-electron chi connectivity index (χ3n) is 6.29. The average molecular weight is 486 g/mol. The quantitative estimate of drug-likeness (QED) is 0.390. The molecule has 1 atom stereocenters. The molecule has 4 heteroatoms. The monoisotopic (exact) mass is 485 g/mol. The van der Waals surface area contributed by atoms with Crippen LogP contribution < -0.4 is 4.74 Å². The number of carbonyl (C=O) groups is 1. The molecule has 4 rings (SSSR count). The van der Waals surface area contributed by atoms with E-state index in [0.29, 0.717) is 12.5 Å². The Bertz CT molecular complexity index is 1110. The first-order valence-corrected chi connectivity index (χ1v) is 12.7. The van der Waals surface area contributed by atoms with Crippen LogP contribution in [0.2, 0.25) is 0 Å². The van der Waals surface area contributed by atoms with Gasteiger partial charge in [0.2, 0.25) is 0 Å². The summed E-state index contributed by atoms with van der Waals surface area (Å²) in [5.41, 5.74) is 7.18. The van der Waals surface area contributed by atoms with Gasteiger partial charge in [0.05, 0.1) is 5.92 Å². The van der Waals surface area contributed by atoms with Crippen molar-refractivity contribution < 1.29 is 14.6 Å². The predicted octanol–water partition coefficient (Wildman–Crippen LogP) is 7.04. The van der Waals surface area contributed by atoms with E-state index in [1.165, 1.54) is 27.8 Å². The maximum Gasteiger partial charge on any atom is 0.310 e. The molecule has 1 unspecified atom stereocenters. The normalized spacial score (nSPS) is 14.2. The highest BCUT2D eigenvalue weighted by molar-refractivity contribution is 5.84. The molecule has 0 fully saturated rings. The number of carboxylic acid groups (broad SMARTS) is 1. The van der Waals surface area contributed by atoms with Crippen LogP contribution in [0, 0.1) is 5.92 Å². The van der Waals surface area contributed by atoms with E-state index >= 15 is 0 Å². The second-order valence-electron chi connectivity index (χ2n) is 10.1. The fourth-order valence-corrected chi connectivity index (χ4v) is 4.27. The lowest BCUT2D eigenvalue weighted by Crippen LogP contribution is -2.12. The van der Waals surface area contributed by atoms with Gasteiger partial charge in [-0.3, -0.25) is 4.79 Å². The van der Waals surface area contributed by atoms with Gasteiger partial charge in [-0.05, 0) is 73.7 Å². The molecular weight excluding hydrogens is 446 g/mol. The average Bonchev–Trinajstić information content (AvgIpc) is 3.01. The second-order valence-corrected chi connectivity index (χ2v) is 10.1. The maximum absolute atomic E-state index is 10.8. The van der Waals surface area contributed by atoms with Crippen molar-refractivity contribution in [1.29, 1.82) is 0 Å². The Morgan fingerprint density at radius 1 is 0.944 bits per heavy atom. The third-order valence-corrected chi connectivity index (χ3v) is 6.29. The van der Waals surface area contributed by atoms with E-state index in [4.69, 9.17) is 9.84 Å². The predicted molar refractivity (Wildman–Crippen MR) is 149 cm³/mol. The Morgan fingerprint density at radius 3 is 2.22 bits per heavy atom. The number of fused-ring (bicyclic) bond motifs is 2. The molecule has 0 spiro atoms. The fourth-order valence-electron chi connectivity index (χ4n) is 4.27. The van der Waals surface area contributed by atoms with Crippen molar-refractivity contribution >= 4 is 11.5 Å². The molecule has 1 aliphatic heterocycles. The number of aliphatic carboxylic acids is 1. The number of nitrogens with zero attached hydrogens (tertiary/aromatic N) is 1. The van der Waals surface area contributed by atoms with Gasteiger partial charge in [-0.15, -0.1) is 0 Å². The van der Waals surface area contributed by atoms with Gasteiger partial charge in [-0.1, -0.05) is 86.7 Å². The zero-order valence-electron chi connectivity index (χ0n) is 22.2. The SMILES string of the molecule is CC(C)Cc1ccc(C(C)C(=O)O)cc1.CN(C)CC/C=C1\c2ccccc2COc2ccccc21. The minimum absolute atomic E-state index is 0.418. The fraction of sp³-hybridized carbons (Fsp3) is 0.344. The minimum Gasteiger partial charge on any atom is -0.488 e. The number of benzene rings is 3. The van der Waals surface area contributed by atoms with Crippen LogP contribution in [0.5, 0.6) is 5.75 Å². The molecule has 1 N–H and O–H groups in total. The van der Waals surface area contributed by atoms with E-state index in [2.05, 4.69) is 81.4 Å². The molecule has 1 heterocycles. The summed E-state index contributed by atoms with van der Waals surface area (Å²) < 4.78 is 5.98. The number of hydrogen-bond acceptors (Lipinski definition) is 3. The highest BCUT2D eigenvalue weighted by Crippen LogP contribution is 2.36. The zero-order chi connectivity index (χ0) is 26.1. The van der Waals surface area contributed by atoms with Crippen molar-refractivity contribution in [3.05, 3.63) is 107 Å². The van der Waals surface area contributed by atoms with Gasteiger partial charge < -0.3 is 14.7 Å².